The SMILES string of the molecule is [2H]c1c([2H])c([2H])c(-c2cc(C([2H])([2H])[2H])cc(-c3ccc(C(C)(C)C)cc3)c2-n2[c](=[Pt])n(-c3[c-]c(Oc4cccc(N5B(c6ccccc6)n6c7ccccc7c7cc[c-]c5c76)n4)ccc3)c3ccccc32)c([2H])c1[2H]. The van der Waals surface area contributed by atoms with Crippen molar-refractivity contribution in [3.8, 4) is 45.3 Å². The molecule has 4 heterocycles. The molecule has 326 valence electrons. The van der Waals surface area contributed by atoms with Gasteiger partial charge in [0.1, 0.15) is 0 Å². The van der Waals surface area contributed by atoms with Crippen molar-refractivity contribution in [1.82, 2.24) is 18.6 Å². The molecule has 0 N–H and O–H groups in total. The summed E-state index contributed by atoms with van der Waals surface area (Å²) >= 11 is 2.23. The van der Waals surface area contributed by atoms with Gasteiger partial charge in [-0.15, -0.1) is 5.39 Å². The predicted molar refractivity (Wildman–Crippen MR) is 271 cm³/mol. The van der Waals surface area contributed by atoms with E-state index >= 15 is 0 Å². The molecular weight excluding hydrogens is 1000 g/mol. The number of aryl methyl sites for hydroxylation is 1. The van der Waals surface area contributed by atoms with Gasteiger partial charge in [0.05, 0.1) is 0 Å². The quantitative estimate of drug-likeness (QED) is 0.112. The van der Waals surface area contributed by atoms with Crippen molar-refractivity contribution in [1.29, 1.82) is 0 Å². The number of imidazole rings is 1. The Morgan fingerprint density at radius 1 is 0.687 bits per heavy atom. The summed E-state index contributed by atoms with van der Waals surface area (Å²) < 4.78 is 84.0. The number of hydrogen-bond donors (Lipinski definition) is 0. The van der Waals surface area contributed by atoms with E-state index in [-0.39, 0.29) is 29.1 Å². The fraction of sp³-hybridized carbons (Fsp3) is 0.0847. The van der Waals surface area contributed by atoms with Gasteiger partial charge in [-0.3, -0.25) is 0 Å². The van der Waals surface area contributed by atoms with Crippen LogP contribution in [-0.4, -0.2) is 25.6 Å². The normalized spacial score (nSPS) is 14.4. The van der Waals surface area contributed by atoms with Gasteiger partial charge in [0, 0.05) is 5.52 Å². The minimum atomic E-state index is -2.62. The third-order valence-corrected chi connectivity index (χ3v) is 13.5. The van der Waals surface area contributed by atoms with Gasteiger partial charge in [-0.1, -0.05) is 48.5 Å². The van der Waals surface area contributed by atoms with Crippen LogP contribution in [-0.2, 0) is 24.8 Å². The number of anilines is 2. The van der Waals surface area contributed by atoms with E-state index in [1.165, 1.54) is 11.5 Å². The predicted octanol–water partition coefficient (Wildman–Crippen LogP) is 13.7. The Hall–Kier alpha value is -7.47. The van der Waals surface area contributed by atoms with Gasteiger partial charge in [0.2, 0.25) is 0 Å². The third-order valence-electron chi connectivity index (χ3n) is 12.5. The van der Waals surface area contributed by atoms with Crippen LogP contribution in [0.3, 0.4) is 0 Å². The standard InChI is InChI=1S/C59H44BN5O.Pt/c1-40-36-49(41-18-7-5-8-19-41)57(50(37-40)42-32-34-43(35-33-42)59(2,3)4)63-39-62(52-27-13-14-28-53(52)63)45-22-15-23-46(38-45)66-56-31-17-30-55(61-56)64-54-29-16-25-48-47-24-11-12-26-51(47)65(58(48)54)60(64)44-20-9-6-10-21-44;/h5-28,30-37H,1-4H3;/q-2;/i1D3,5D,7D,8D,18D,19D;. The Morgan fingerprint density at radius 3 is 2.15 bits per heavy atom. The molecule has 67 heavy (non-hydrogen) atoms. The van der Waals surface area contributed by atoms with Crippen molar-refractivity contribution in [3.63, 3.8) is 0 Å². The third kappa shape index (κ3) is 6.91. The number of pyridine rings is 1. The van der Waals surface area contributed by atoms with Crippen LogP contribution in [0.2, 0.25) is 0 Å². The van der Waals surface area contributed by atoms with Crippen molar-refractivity contribution in [3.05, 3.63) is 221 Å². The fourth-order valence-corrected chi connectivity index (χ4v) is 10.6. The molecule has 8 heteroatoms. The topological polar surface area (TPSA) is 40.1 Å². The van der Waals surface area contributed by atoms with Crippen LogP contribution < -0.4 is 15.0 Å². The van der Waals surface area contributed by atoms with E-state index in [1.807, 2.05) is 106 Å². The van der Waals surface area contributed by atoms with E-state index in [0.29, 0.717) is 49.3 Å². The second kappa shape index (κ2) is 16.1. The van der Waals surface area contributed by atoms with Crippen molar-refractivity contribution >= 4 is 56.8 Å². The summed E-state index contributed by atoms with van der Waals surface area (Å²) in [5.74, 6) is 1.42. The second-order valence-corrected chi connectivity index (χ2v) is 18.6. The number of ether oxygens (including phenoxy) is 1. The number of rotatable bonds is 8. The molecule has 0 spiro atoms. The molecule has 0 unspecified atom stereocenters. The number of fused-ring (bicyclic) bond motifs is 4. The number of aromatic nitrogens is 4. The van der Waals surface area contributed by atoms with Gasteiger partial charge in [-0.25, -0.2) is 0 Å². The Morgan fingerprint density at radius 2 is 1.39 bits per heavy atom. The molecule has 0 fully saturated rings. The summed E-state index contributed by atoms with van der Waals surface area (Å²) in [5, 5.41) is 2.31. The molecule has 0 amide bonds. The molecule has 12 rings (SSSR count). The van der Waals surface area contributed by atoms with E-state index in [0.717, 1.165) is 38.6 Å². The van der Waals surface area contributed by atoms with Crippen LogP contribution in [0.4, 0.5) is 11.5 Å². The van der Waals surface area contributed by atoms with E-state index < -0.39 is 37.1 Å². The monoisotopic (exact) mass is 1050 g/mol. The zero-order valence-electron chi connectivity index (χ0n) is 44.6. The number of nitrogens with zero attached hydrogens (tertiary/aromatic N) is 5. The summed E-state index contributed by atoms with van der Waals surface area (Å²) in [6, 6.07) is 57.6. The summed E-state index contributed by atoms with van der Waals surface area (Å²) in [7, 11) is 0. The van der Waals surface area contributed by atoms with Crippen molar-refractivity contribution < 1.29 is 35.1 Å². The van der Waals surface area contributed by atoms with Crippen molar-refractivity contribution in [2.24, 2.45) is 0 Å². The van der Waals surface area contributed by atoms with Crippen LogP contribution in [0, 0.1) is 22.8 Å². The van der Waals surface area contributed by atoms with Crippen LogP contribution in [0.5, 0.6) is 11.6 Å². The van der Waals surface area contributed by atoms with Gasteiger partial charge in [-0.05, 0) is 11.5 Å². The molecule has 0 bridgehead atoms. The van der Waals surface area contributed by atoms with E-state index in [4.69, 9.17) is 17.9 Å². The van der Waals surface area contributed by atoms with Gasteiger partial charge in [-0.2, -0.15) is 12.1 Å². The fourth-order valence-electron chi connectivity index (χ4n) is 9.52. The molecule has 11 aromatic rings. The Bertz CT molecular complexity index is 4160. The molecule has 8 aromatic carbocycles. The van der Waals surface area contributed by atoms with Crippen LogP contribution >= 0.6 is 0 Å². The van der Waals surface area contributed by atoms with Gasteiger partial charge >= 0.3 is 332 Å². The molecule has 0 saturated carbocycles. The Labute approximate surface area is 412 Å². The zero-order valence-corrected chi connectivity index (χ0v) is 38.9. The van der Waals surface area contributed by atoms with Gasteiger partial charge < -0.3 is 0 Å². The Kier molecular flexibility index (Phi) is 7.97. The number of para-hydroxylation sites is 3. The summed E-state index contributed by atoms with van der Waals surface area (Å²) in [4.78, 5) is 7.36. The summed E-state index contributed by atoms with van der Waals surface area (Å²) in [5.41, 5.74) is 8.73. The maximum atomic E-state index is 9.23. The molecule has 1 aliphatic rings. The number of hydrogen-bond acceptors (Lipinski definition) is 3. The summed E-state index contributed by atoms with van der Waals surface area (Å²) in [6.45, 7) is 3.47. The number of benzene rings is 8. The first kappa shape index (κ1) is 33.1. The van der Waals surface area contributed by atoms with Crippen LogP contribution in [0.1, 0.15) is 42.9 Å². The van der Waals surface area contributed by atoms with Crippen LogP contribution in [0.25, 0.3) is 66.5 Å². The molecule has 3 aromatic heterocycles. The summed E-state index contributed by atoms with van der Waals surface area (Å²) in [6.07, 6.45) is 0. The van der Waals surface area contributed by atoms with Gasteiger partial charge in [0.25, 0.3) is 0 Å². The molecule has 1 aliphatic heterocycles. The first-order valence-corrected chi connectivity index (χ1v) is 23.1. The molecule has 0 radical (unpaired) electrons. The van der Waals surface area contributed by atoms with Crippen molar-refractivity contribution in [2.45, 2.75) is 33.0 Å². The maximum absolute atomic E-state index is 9.23. The zero-order chi connectivity index (χ0) is 52.2. The average molecular weight is 1050 g/mol. The first-order chi connectivity index (χ1) is 36.0. The van der Waals surface area contributed by atoms with E-state index in [9.17, 15) is 2.74 Å². The molecule has 0 saturated heterocycles. The second-order valence-electron chi connectivity index (χ2n) is 17.6. The van der Waals surface area contributed by atoms with Crippen LogP contribution in [0.15, 0.2) is 194 Å². The Balaban J connectivity index is 1.01. The minimum absolute atomic E-state index is 0.0448. The van der Waals surface area contributed by atoms with Crippen molar-refractivity contribution in [2.75, 3.05) is 4.81 Å². The average Bonchev–Trinajstić information content (AvgIpc) is 4.07. The van der Waals surface area contributed by atoms with Gasteiger partial charge in [0.15, 0.2) is 0 Å². The van der Waals surface area contributed by atoms with E-state index in [2.05, 4.69) is 116 Å². The molecule has 6 nitrogen and oxygen atoms in total. The van der Waals surface area contributed by atoms with E-state index in [1.54, 1.807) is 6.07 Å². The first-order valence-electron chi connectivity index (χ1n) is 26.0. The molecule has 0 aliphatic carbocycles. The molecular formula is C59H44BN5OPt-2. The molecule has 0 atom stereocenters.